The number of hydrogen-bond donors (Lipinski definition) is 1. The molecule has 1 aliphatic carbocycles. The number of carbonyl (C=O) groups is 1. The maximum atomic E-state index is 13.7. The van der Waals surface area contributed by atoms with E-state index in [4.69, 9.17) is 16.3 Å². The van der Waals surface area contributed by atoms with Crippen LogP contribution < -0.4 is 5.32 Å². The zero-order valence-corrected chi connectivity index (χ0v) is 17.3. The average molecular weight is 405 g/mol. The SMILES string of the molecule is C=C(/C(Cl)=C\C(F)=C/C)C1C(C#N)=C(C)NC(CCC2CC2)=C1C(=O)OCC. The Bertz CT molecular complexity index is 826. The van der Waals surface area contributed by atoms with Crippen LogP contribution in [-0.4, -0.2) is 12.6 Å². The summed E-state index contributed by atoms with van der Waals surface area (Å²) in [4.78, 5) is 12.8. The molecule has 0 radical (unpaired) electrons. The zero-order chi connectivity index (χ0) is 20.8. The van der Waals surface area contributed by atoms with E-state index in [2.05, 4.69) is 18.0 Å². The number of nitrogens with zero attached hydrogens (tertiary/aromatic N) is 1. The highest BCUT2D eigenvalue weighted by Gasteiger charge is 2.37. The summed E-state index contributed by atoms with van der Waals surface area (Å²) in [6.07, 6.45) is 6.44. The fourth-order valence-electron chi connectivity index (χ4n) is 3.23. The van der Waals surface area contributed by atoms with Crippen molar-refractivity contribution in [1.82, 2.24) is 5.32 Å². The van der Waals surface area contributed by atoms with Gasteiger partial charge in [-0.1, -0.05) is 37.1 Å². The van der Waals surface area contributed by atoms with Gasteiger partial charge in [0.15, 0.2) is 0 Å². The minimum absolute atomic E-state index is 0.0615. The molecule has 0 saturated heterocycles. The number of rotatable bonds is 8. The maximum absolute atomic E-state index is 13.7. The Labute approximate surface area is 171 Å². The first kappa shape index (κ1) is 22.0. The number of allylic oxidation sites excluding steroid dienone is 8. The number of halogens is 2. The van der Waals surface area contributed by atoms with E-state index in [1.807, 2.05) is 0 Å². The molecule has 0 aromatic carbocycles. The molecular formula is C22H26ClFN2O2. The van der Waals surface area contributed by atoms with Gasteiger partial charge in [-0.15, -0.1) is 0 Å². The third-order valence-electron chi connectivity index (χ3n) is 4.96. The molecule has 150 valence electrons. The van der Waals surface area contributed by atoms with E-state index in [-0.39, 0.29) is 11.6 Å². The molecule has 1 fully saturated rings. The van der Waals surface area contributed by atoms with Crippen LogP contribution in [0.3, 0.4) is 0 Å². The monoisotopic (exact) mass is 404 g/mol. The van der Waals surface area contributed by atoms with Gasteiger partial charge in [-0.05, 0) is 51.2 Å². The predicted molar refractivity (Wildman–Crippen MR) is 108 cm³/mol. The smallest absolute Gasteiger partial charge is 0.336 e. The lowest BCUT2D eigenvalue weighted by Crippen LogP contribution is -2.32. The summed E-state index contributed by atoms with van der Waals surface area (Å²) in [7, 11) is 0. The normalized spacial score (nSPS) is 20.6. The molecule has 1 aliphatic heterocycles. The summed E-state index contributed by atoms with van der Waals surface area (Å²) in [5.74, 6) is -1.13. The van der Waals surface area contributed by atoms with Crippen molar-refractivity contribution >= 4 is 17.6 Å². The van der Waals surface area contributed by atoms with Crippen molar-refractivity contribution in [2.24, 2.45) is 11.8 Å². The first-order chi connectivity index (χ1) is 13.3. The summed E-state index contributed by atoms with van der Waals surface area (Å²) in [6, 6.07) is 2.15. The van der Waals surface area contributed by atoms with Crippen molar-refractivity contribution in [3.8, 4) is 6.07 Å². The minimum atomic E-state index is -0.770. The van der Waals surface area contributed by atoms with Gasteiger partial charge in [0, 0.05) is 16.4 Å². The van der Waals surface area contributed by atoms with Crippen molar-refractivity contribution in [1.29, 1.82) is 5.26 Å². The Hall–Kier alpha value is -2.32. The first-order valence-corrected chi connectivity index (χ1v) is 9.87. The fraction of sp³-hybridized carbons (Fsp3) is 0.455. The van der Waals surface area contributed by atoms with Crippen LogP contribution in [0.5, 0.6) is 0 Å². The number of hydrogen-bond acceptors (Lipinski definition) is 4. The van der Waals surface area contributed by atoms with Gasteiger partial charge in [-0.2, -0.15) is 5.26 Å². The van der Waals surface area contributed by atoms with Gasteiger partial charge in [-0.3, -0.25) is 0 Å². The predicted octanol–water partition coefficient (Wildman–Crippen LogP) is 5.56. The van der Waals surface area contributed by atoms with Crippen molar-refractivity contribution in [3.63, 3.8) is 0 Å². The molecule has 0 aromatic rings. The lowest BCUT2D eigenvalue weighted by atomic mass is 9.80. The molecule has 6 heteroatoms. The Morgan fingerprint density at radius 3 is 2.71 bits per heavy atom. The lowest BCUT2D eigenvalue weighted by molar-refractivity contribution is -0.139. The lowest BCUT2D eigenvalue weighted by Gasteiger charge is -2.30. The second-order valence-corrected chi connectivity index (χ2v) is 7.40. The van der Waals surface area contributed by atoms with Gasteiger partial charge in [0.05, 0.1) is 29.7 Å². The average Bonchev–Trinajstić information content (AvgIpc) is 3.49. The molecule has 4 nitrogen and oxygen atoms in total. The van der Waals surface area contributed by atoms with E-state index in [1.54, 1.807) is 20.8 Å². The molecule has 1 unspecified atom stereocenters. The van der Waals surface area contributed by atoms with Crippen molar-refractivity contribution < 1.29 is 13.9 Å². The van der Waals surface area contributed by atoms with Gasteiger partial charge in [0.2, 0.25) is 0 Å². The van der Waals surface area contributed by atoms with Crippen LogP contribution >= 0.6 is 11.6 Å². The molecule has 0 amide bonds. The third-order valence-corrected chi connectivity index (χ3v) is 5.31. The molecule has 1 N–H and O–H groups in total. The summed E-state index contributed by atoms with van der Waals surface area (Å²) in [6.45, 7) is 9.25. The van der Waals surface area contributed by atoms with Gasteiger partial charge >= 0.3 is 5.97 Å². The van der Waals surface area contributed by atoms with E-state index in [0.29, 0.717) is 34.8 Å². The number of esters is 1. The molecule has 1 saturated carbocycles. The van der Waals surface area contributed by atoms with Gasteiger partial charge in [-0.25, -0.2) is 9.18 Å². The molecule has 1 heterocycles. The Morgan fingerprint density at radius 2 is 2.18 bits per heavy atom. The standard InChI is InChI=1S/C22H26ClFN2O2/c1-5-16(24)11-18(23)13(3)20-17(12-25)14(4)26-19(10-9-15-7-8-15)21(20)22(27)28-6-2/h5,11,15,20,26H,3,6-10H2,1-2,4H3/b16-5+,18-11+. The van der Waals surface area contributed by atoms with Crippen LogP contribution in [0.1, 0.15) is 46.5 Å². The van der Waals surface area contributed by atoms with E-state index in [9.17, 15) is 14.4 Å². The topological polar surface area (TPSA) is 62.1 Å². The summed E-state index contributed by atoms with van der Waals surface area (Å²) in [5, 5.41) is 13.0. The number of ether oxygens (including phenoxy) is 1. The molecule has 0 spiro atoms. The van der Waals surface area contributed by atoms with Crippen molar-refractivity contribution in [2.75, 3.05) is 6.61 Å². The van der Waals surface area contributed by atoms with Crippen LogP contribution in [0.15, 0.2) is 57.7 Å². The molecule has 0 bridgehead atoms. The van der Waals surface area contributed by atoms with Gasteiger partial charge in [0.1, 0.15) is 5.83 Å². The molecule has 2 rings (SSSR count). The van der Waals surface area contributed by atoms with Crippen LogP contribution in [-0.2, 0) is 9.53 Å². The number of nitrogens with one attached hydrogen (secondary N) is 1. The van der Waals surface area contributed by atoms with Crippen LogP contribution in [0.25, 0.3) is 0 Å². The van der Waals surface area contributed by atoms with Crippen molar-refractivity contribution in [2.45, 2.75) is 46.5 Å². The number of dihydropyridines is 1. The van der Waals surface area contributed by atoms with E-state index in [1.165, 1.54) is 18.9 Å². The first-order valence-electron chi connectivity index (χ1n) is 9.50. The van der Waals surface area contributed by atoms with Crippen LogP contribution in [0, 0.1) is 23.2 Å². The van der Waals surface area contributed by atoms with E-state index >= 15 is 0 Å². The molecule has 1 atom stereocenters. The molecular weight excluding hydrogens is 379 g/mol. The van der Waals surface area contributed by atoms with E-state index < -0.39 is 17.7 Å². The number of carbonyl (C=O) groups excluding carboxylic acids is 1. The molecule has 28 heavy (non-hydrogen) atoms. The second kappa shape index (κ2) is 9.75. The second-order valence-electron chi connectivity index (χ2n) is 6.99. The summed E-state index contributed by atoms with van der Waals surface area (Å²) >= 11 is 6.29. The van der Waals surface area contributed by atoms with Crippen LogP contribution in [0.2, 0.25) is 0 Å². The van der Waals surface area contributed by atoms with Gasteiger partial charge < -0.3 is 10.1 Å². The Balaban J connectivity index is 2.52. The summed E-state index contributed by atoms with van der Waals surface area (Å²) < 4.78 is 19.0. The van der Waals surface area contributed by atoms with Gasteiger partial charge in [0.25, 0.3) is 0 Å². The zero-order valence-electron chi connectivity index (χ0n) is 16.6. The highest BCUT2D eigenvalue weighted by atomic mass is 35.5. The van der Waals surface area contributed by atoms with Crippen molar-refractivity contribution in [3.05, 3.63) is 57.7 Å². The largest absolute Gasteiger partial charge is 0.463 e. The molecule has 2 aliphatic rings. The third kappa shape index (κ3) is 5.14. The highest BCUT2D eigenvalue weighted by Crippen LogP contribution is 2.41. The highest BCUT2D eigenvalue weighted by molar-refractivity contribution is 6.32. The Kier molecular flexibility index (Phi) is 7.65. The maximum Gasteiger partial charge on any atom is 0.336 e. The number of nitriles is 1. The minimum Gasteiger partial charge on any atom is -0.463 e. The van der Waals surface area contributed by atoms with Crippen LogP contribution in [0.4, 0.5) is 4.39 Å². The summed E-state index contributed by atoms with van der Waals surface area (Å²) in [5.41, 5.74) is 2.33. The van der Waals surface area contributed by atoms with E-state index in [0.717, 1.165) is 18.2 Å². The quantitative estimate of drug-likeness (QED) is 0.424. The Morgan fingerprint density at radius 1 is 1.50 bits per heavy atom. The molecule has 0 aromatic heterocycles. The fourth-order valence-corrected chi connectivity index (χ4v) is 3.44.